The Bertz CT molecular complexity index is 713. The maximum Gasteiger partial charge on any atom is 0.174 e. The highest BCUT2D eigenvalue weighted by molar-refractivity contribution is 6.30. The zero-order chi connectivity index (χ0) is 15.6. The molecule has 1 N–H and O–H groups in total. The molecule has 2 aromatic carbocycles. The molecule has 22 heavy (non-hydrogen) atoms. The lowest BCUT2D eigenvalue weighted by molar-refractivity contribution is 0.115. The number of hydrogen-bond donors (Lipinski definition) is 1. The first-order valence-corrected chi connectivity index (χ1v) is 7.38. The van der Waals surface area contributed by atoms with Crippen LogP contribution in [0.25, 0.3) is 0 Å². The van der Waals surface area contributed by atoms with Crippen molar-refractivity contribution in [1.29, 1.82) is 0 Å². The van der Waals surface area contributed by atoms with Gasteiger partial charge in [-0.3, -0.25) is 0 Å². The van der Waals surface area contributed by atoms with E-state index in [0.29, 0.717) is 27.0 Å². The van der Waals surface area contributed by atoms with Gasteiger partial charge < -0.3 is 5.11 Å². The van der Waals surface area contributed by atoms with Gasteiger partial charge in [0, 0.05) is 22.4 Å². The molecule has 110 valence electrons. The first kappa shape index (κ1) is 15.0. The van der Waals surface area contributed by atoms with Crippen molar-refractivity contribution in [2.45, 2.75) is 5.60 Å². The van der Waals surface area contributed by atoms with Crippen LogP contribution >= 0.6 is 23.2 Å². The summed E-state index contributed by atoms with van der Waals surface area (Å²) in [6.07, 6.45) is 3.19. The Morgan fingerprint density at radius 3 is 1.55 bits per heavy atom. The lowest BCUT2D eigenvalue weighted by atomic mass is 9.85. The number of nitrogens with zero attached hydrogens (tertiary/aromatic N) is 2. The Morgan fingerprint density at radius 2 is 1.14 bits per heavy atom. The summed E-state index contributed by atoms with van der Waals surface area (Å²) in [7, 11) is 0. The van der Waals surface area contributed by atoms with E-state index in [0.717, 1.165) is 0 Å². The van der Waals surface area contributed by atoms with E-state index in [1.54, 1.807) is 67.0 Å². The molecule has 0 aliphatic heterocycles. The topological polar surface area (TPSA) is 46.0 Å². The largest absolute Gasteiger partial charge is 0.373 e. The zero-order valence-corrected chi connectivity index (χ0v) is 13.0. The van der Waals surface area contributed by atoms with Crippen molar-refractivity contribution in [1.82, 2.24) is 9.97 Å². The van der Waals surface area contributed by atoms with Crippen LogP contribution in [0.15, 0.2) is 67.0 Å². The summed E-state index contributed by atoms with van der Waals surface area (Å²) < 4.78 is 0. The van der Waals surface area contributed by atoms with Crippen LogP contribution in [-0.2, 0) is 5.60 Å². The highest BCUT2D eigenvalue weighted by atomic mass is 35.5. The van der Waals surface area contributed by atoms with Gasteiger partial charge in [-0.05, 0) is 41.5 Å². The molecular formula is C17H12Cl2N2O. The lowest BCUT2D eigenvalue weighted by Gasteiger charge is -2.27. The third kappa shape index (κ3) is 2.71. The SMILES string of the molecule is OC(c1ccc(Cl)cc1)(c1ccc(Cl)cc1)c1ncccn1. The molecule has 0 atom stereocenters. The molecule has 0 aliphatic carbocycles. The lowest BCUT2D eigenvalue weighted by Crippen LogP contribution is -2.31. The molecule has 5 heteroatoms. The van der Waals surface area contributed by atoms with E-state index in [-0.39, 0.29) is 0 Å². The Hall–Kier alpha value is -1.94. The predicted molar refractivity (Wildman–Crippen MR) is 87.0 cm³/mol. The van der Waals surface area contributed by atoms with Crippen molar-refractivity contribution in [3.8, 4) is 0 Å². The fraction of sp³-hybridized carbons (Fsp3) is 0.0588. The molecule has 3 aromatic rings. The fourth-order valence-corrected chi connectivity index (χ4v) is 2.54. The molecule has 1 aromatic heterocycles. The second-order valence-corrected chi connectivity index (χ2v) is 5.67. The standard InChI is InChI=1S/C17H12Cl2N2O/c18-14-6-2-12(3-7-14)17(22,16-20-10-1-11-21-16)13-4-8-15(19)9-5-13/h1-11,22H. The highest BCUT2D eigenvalue weighted by Crippen LogP contribution is 2.35. The number of benzene rings is 2. The van der Waals surface area contributed by atoms with Gasteiger partial charge in [-0.25, -0.2) is 9.97 Å². The van der Waals surface area contributed by atoms with Crippen LogP contribution < -0.4 is 0 Å². The molecular weight excluding hydrogens is 319 g/mol. The van der Waals surface area contributed by atoms with Gasteiger partial charge in [-0.1, -0.05) is 47.5 Å². The molecule has 0 saturated heterocycles. The molecule has 0 unspecified atom stereocenters. The van der Waals surface area contributed by atoms with Crippen molar-refractivity contribution < 1.29 is 5.11 Å². The Labute approximate surface area is 138 Å². The summed E-state index contributed by atoms with van der Waals surface area (Å²) in [6, 6.07) is 15.6. The van der Waals surface area contributed by atoms with Gasteiger partial charge >= 0.3 is 0 Å². The summed E-state index contributed by atoms with van der Waals surface area (Å²) >= 11 is 11.9. The number of aliphatic hydroxyl groups is 1. The summed E-state index contributed by atoms with van der Waals surface area (Å²) in [5, 5.41) is 12.6. The van der Waals surface area contributed by atoms with Crippen molar-refractivity contribution in [2.75, 3.05) is 0 Å². The van der Waals surface area contributed by atoms with E-state index in [1.165, 1.54) is 0 Å². The van der Waals surface area contributed by atoms with Crippen molar-refractivity contribution in [3.63, 3.8) is 0 Å². The molecule has 1 heterocycles. The molecule has 3 nitrogen and oxygen atoms in total. The third-order valence-electron chi connectivity index (χ3n) is 3.41. The van der Waals surface area contributed by atoms with Crippen LogP contribution in [0.5, 0.6) is 0 Å². The summed E-state index contributed by atoms with van der Waals surface area (Å²) in [5.41, 5.74) is -0.216. The summed E-state index contributed by atoms with van der Waals surface area (Å²) in [5.74, 6) is 0.291. The van der Waals surface area contributed by atoms with Gasteiger partial charge in [0.05, 0.1) is 0 Å². The molecule has 0 amide bonds. The second kappa shape index (κ2) is 6.05. The van der Waals surface area contributed by atoms with Crippen LogP contribution in [-0.4, -0.2) is 15.1 Å². The van der Waals surface area contributed by atoms with E-state index >= 15 is 0 Å². The van der Waals surface area contributed by atoms with Crippen molar-refractivity contribution >= 4 is 23.2 Å². The Balaban J connectivity index is 2.22. The molecule has 0 fully saturated rings. The van der Waals surface area contributed by atoms with Gasteiger partial charge in [0.1, 0.15) is 0 Å². The number of aromatic nitrogens is 2. The van der Waals surface area contributed by atoms with Crippen LogP contribution in [0.3, 0.4) is 0 Å². The second-order valence-electron chi connectivity index (χ2n) is 4.80. The van der Waals surface area contributed by atoms with Crippen LogP contribution in [0.2, 0.25) is 10.0 Å². The molecule has 3 rings (SSSR count). The van der Waals surface area contributed by atoms with Gasteiger partial charge in [-0.2, -0.15) is 0 Å². The highest BCUT2D eigenvalue weighted by Gasteiger charge is 2.36. The van der Waals surface area contributed by atoms with Crippen LogP contribution in [0.1, 0.15) is 17.0 Å². The molecule has 0 radical (unpaired) electrons. The number of halogens is 2. The maximum absolute atomic E-state index is 11.4. The molecule has 0 bridgehead atoms. The van der Waals surface area contributed by atoms with E-state index in [4.69, 9.17) is 23.2 Å². The summed E-state index contributed by atoms with van der Waals surface area (Å²) in [6.45, 7) is 0. The van der Waals surface area contributed by atoms with Crippen LogP contribution in [0.4, 0.5) is 0 Å². The minimum absolute atomic E-state index is 0.291. The minimum atomic E-state index is -1.48. The monoisotopic (exact) mass is 330 g/mol. The number of hydrogen-bond acceptors (Lipinski definition) is 3. The summed E-state index contributed by atoms with van der Waals surface area (Å²) in [4.78, 5) is 8.44. The van der Waals surface area contributed by atoms with E-state index in [1.807, 2.05) is 0 Å². The average Bonchev–Trinajstić information content (AvgIpc) is 2.56. The average molecular weight is 331 g/mol. The Kier molecular flexibility index (Phi) is 4.12. The number of rotatable bonds is 3. The smallest absolute Gasteiger partial charge is 0.174 e. The van der Waals surface area contributed by atoms with Gasteiger partial charge in [0.2, 0.25) is 0 Å². The van der Waals surface area contributed by atoms with Crippen LogP contribution in [0, 0.1) is 0 Å². The molecule has 0 aliphatic rings. The van der Waals surface area contributed by atoms with Gasteiger partial charge in [-0.15, -0.1) is 0 Å². The minimum Gasteiger partial charge on any atom is -0.373 e. The fourth-order valence-electron chi connectivity index (χ4n) is 2.29. The van der Waals surface area contributed by atoms with Crippen molar-refractivity contribution in [3.05, 3.63) is 94.0 Å². The zero-order valence-electron chi connectivity index (χ0n) is 11.4. The van der Waals surface area contributed by atoms with Crippen molar-refractivity contribution in [2.24, 2.45) is 0 Å². The van der Waals surface area contributed by atoms with Gasteiger partial charge in [0.25, 0.3) is 0 Å². The van der Waals surface area contributed by atoms with Gasteiger partial charge in [0.15, 0.2) is 11.4 Å². The molecule has 0 saturated carbocycles. The Morgan fingerprint density at radius 1 is 0.727 bits per heavy atom. The van der Waals surface area contributed by atoms with E-state index in [2.05, 4.69) is 9.97 Å². The maximum atomic E-state index is 11.4. The normalized spacial score (nSPS) is 11.4. The third-order valence-corrected chi connectivity index (χ3v) is 3.92. The first-order valence-electron chi connectivity index (χ1n) is 6.62. The van der Waals surface area contributed by atoms with E-state index in [9.17, 15) is 5.11 Å². The predicted octanol–water partition coefficient (Wildman–Crippen LogP) is 4.07. The molecule has 0 spiro atoms. The quantitative estimate of drug-likeness (QED) is 0.787. The first-order chi connectivity index (χ1) is 10.6. The van der Waals surface area contributed by atoms with E-state index < -0.39 is 5.60 Å².